The molecule has 112 valence electrons. The van der Waals surface area contributed by atoms with Gasteiger partial charge in [-0.25, -0.2) is 4.90 Å². The summed E-state index contributed by atoms with van der Waals surface area (Å²) in [4.78, 5) is 26.2. The second-order valence-electron chi connectivity index (χ2n) is 5.57. The molecule has 0 saturated heterocycles. The summed E-state index contributed by atoms with van der Waals surface area (Å²) in [5.41, 5.74) is 1.62. The van der Waals surface area contributed by atoms with Crippen molar-refractivity contribution in [2.24, 2.45) is 0 Å². The number of anilines is 1. The first kappa shape index (κ1) is 14.1. The highest BCUT2D eigenvalue weighted by molar-refractivity contribution is 6.34. The minimum atomic E-state index is -0.469. The quantitative estimate of drug-likeness (QED) is 0.835. The zero-order valence-corrected chi connectivity index (χ0v) is 12.2. The van der Waals surface area contributed by atoms with Crippen molar-refractivity contribution in [2.45, 2.75) is 19.8 Å². The molecule has 1 aliphatic heterocycles. The fourth-order valence-corrected chi connectivity index (χ4v) is 2.66. The van der Waals surface area contributed by atoms with Gasteiger partial charge in [0.05, 0.1) is 16.8 Å². The van der Waals surface area contributed by atoms with Crippen LogP contribution in [0.1, 0.15) is 46.0 Å². The lowest BCUT2D eigenvalue weighted by Crippen LogP contribution is -2.30. The van der Waals surface area contributed by atoms with E-state index in [-0.39, 0.29) is 28.5 Å². The van der Waals surface area contributed by atoms with Crippen LogP contribution in [0.15, 0.2) is 36.4 Å². The van der Waals surface area contributed by atoms with Gasteiger partial charge in [0.15, 0.2) is 0 Å². The Kier molecular flexibility index (Phi) is 3.13. The van der Waals surface area contributed by atoms with E-state index in [2.05, 4.69) is 0 Å². The molecular weight excluding hydrogens is 282 g/mol. The molecular formula is C17H15NO4. The molecule has 1 aliphatic rings. The maximum Gasteiger partial charge on any atom is 0.266 e. The van der Waals surface area contributed by atoms with Gasteiger partial charge in [-0.3, -0.25) is 9.59 Å². The molecule has 0 aromatic heterocycles. The molecule has 2 N–H and O–H groups in total. The van der Waals surface area contributed by atoms with E-state index in [0.29, 0.717) is 11.3 Å². The molecule has 3 rings (SSSR count). The minimum absolute atomic E-state index is 0.0276. The number of imide groups is 1. The molecule has 0 bridgehead atoms. The number of carbonyl (C=O) groups is 2. The van der Waals surface area contributed by atoms with E-state index in [9.17, 15) is 19.8 Å². The lowest BCUT2D eigenvalue weighted by Gasteiger charge is -2.20. The van der Waals surface area contributed by atoms with E-state index in [4.69, 9.17) is 0 Å². The molecule has 0 atom stereocenters. The number of benzene rings is 2. The first-order valence-electron chi connectivity index (χ1n) is 6.95. The number of aromatic hydroxyl groups is 2. The summed E-state index contributed by atoms with van der Waals surface area (Å²) in [6.45, 7) is 3.84. The molecule has 1 heterocycles. The zero-order chi connectivity index (χ0) is 16.0. The first-order valence-corrected chi connectivity index (χ1v) is 6.95. The van der Waals surface area contributed by atoms with Gasteiger partial charge < -0.3 is 10.2 Å². The Hall–Kier alpha value is -2.82. The highest BCUT2D eigenvalue weighted by Crippen LogP contribution is 2.36. The fraction of sp³-hybridized carbons (Fsp3) is 0.176. The highest BCUT2D eigenvalue weighted by atomic mass is 16.3. The van der Waals surface area contributed by atoms with Crippen molar-refractivity contribution >= 4 is 17.5 Å². The number of phenols is 2. The fourth-order valence-electron chi connectivity index (χ4n) is 2.66. The van der Waals surface area contributed by atoms with Crippen molar-refractivity contribution in [3.8, 4) is 11.5 Å². The Labute approximate surface area is 127 Å². The molecule has 5 heteroatoms. The van der Waals surface area contributed by atoms with Crippen LogP contribution in [0.3, 0.4) is 0 Å². The van der Waals surface area contributed by atoms with Gasteiger partial charge in [0.2, 0.25) is 0 Å². The lowest BCUT2D eigenvalue weighted by atomic mass is 10.00. The average molecular weight is 297 g/mol. The molecule has 0 saturated carbocycles. The van der Waals surface area contributed by atoms with E-state index in [0.717, 1.165) is 4.90 Å². The van der Waals surface area contributed by atoms with Crippen LogP contribution in [0, 0.1) is 0 Å². The standard InChI is InChI=1S/C17H15NO4/c1-9(2)13-7-11(20)4-6-15(13)18-16(21)12-5-3-10(19)8-14(12)17(18)22/h3-9,19-20H,1-2H3. The maximum atomic E-state index is 12.6. The number of hydrogen-bond donors (Lipinski definition) is 2. The normalized spacial score (nSPS) is 13.9. The first-order chi connectivity index (χ1) is 10.4. The van der Waals surface area contributed by atoms with Gasteiger partial charge in [-0.2, -0.15) is 0 Å². The van der Waals surface area contributed by atoms with Crippen molar-refractivity contribution in [3.63, 3.8) is 0 Å². The molecule has 0 fully saturated rings. The number of nitrogens with zero attached hydrogens (tertiary/aromatic N) is 1. The van der Waals surface area contributed by atoms with Crippen LogP contribution >= 0.6 is 0 Å². The zero-order valence-electron chi connectivity index (χ0n) is 12.2. The van der Waals surface area contributed by atoms with Crippen LogP contribution in [-0.2, 0) is 0 Å². The molecule has 2 amide bonds. The third-order valence-electron chi connectivity index (χ3n) is 3.74. The van der Waals surface area contributed by atoms with Gasteiger partial charge in [0.25, 0.3) is 11.8 Å². The second kappa shape index (κ2) is 4.87. The van der Waals surface area contributed by atoms with Crippen molar-refractivity contribution in [3.05, 3.63) is 53.1 Å². The van der Waals surface area contributed by atoms with Crippen LogP contribution in [0.25, 0.3) is 0 Å². The summed E-state index contributed by atoms with van der Waals surface area (Å²) in [5, 5.41) is 19.2. The summed E-state index contributed by atoms with van der Waals surface area (Å²) >= 11 is 0. The predicted octanol–water partition coefficient (Wildman–Crippen LogP) is 3.02. The third kappa shape index (κ3) is 2.02. The summed E-state index contributed by atoms with van der Waals surface area (Å²) in [5.74, 6) is -0.839. The Morgan fingerprint density at radius 3 is 2.14 bits per heavy atom. The van der Waals surface area contributed by atoms with Crippen molar-refractivity contribution < 1.29 is 19.8 Å². The van der Waals surface area contributed by atoms with Crippen LogP contribution < -0.4 is 4.90 Å². The molecule has 22 heavy (non-hydrogen) atoms. The Balaban J connectivity index is 2.16. The molecule has 0 radical (unpaired) electrons. The van der Waals surface area contributed by atoms with E-state index >= 15 is 0 Å². The Morgan fingerprint density at radius 2 is 1.45 bits per heavy atom. The monoisotopic (exact) mass is 297 g/mol. The Morgan fingerprint density at radius 1 is 0.864 bits per heavy atom. The molecule has 0 spiro atoms. The molecule has 2 aromatic rings. The SMILES string of the molecule is CC(C)c1cc(O)ccc1N1C(=O)c2ccc(O)cc2C1=O. The topological polar surface area (TPSA) is 77.8 Å². The van der Waals surface area contributed by atoms with Gasteiger partial charge >= 0.3 is 0 Å². The largest absolute Gasteiger partial charge is 0.508 e. The van der Waals surface area contributed by atoms with E-state index in [1.807, 2.05) is 13.8 Å². The Bertz CT molecular complexity index is 795. The highest BCUT2D eigenvalue weighted by Gasteiger charge is 2.38. The van der Waals surface area contributed by atoms with E-state index < -0.39 is 11.8 Å². The number of fused-ring (bicyclic) bond motifs is 1. The number of hydrogen-bond acceptors (Lipinski definition) is 4. The van der Waals surface area contributed by atoms with E-state index in [1.165, 1.54) is 24.3 Å². The summed E-state index contributed by atoms with van der Waals surface area (Å²) in [6, 6.07) is 8.69. The van der Waals surface area contributed by atoms with Crippen LogP contribution in [0.4, 0.5) is 5.69 Å². The summed E-state index contributed by atoms with van der Waals surface area (Å²) in [6.07, 6.45) is 0. The number of rotatable bonds is 2. The van der Waals surface area contributed by atoms with Crippen LogP contribution in [0.5, 0.6) is 11.5 Å². The lowest BCUT2D eigenvalue weighted by molar-refractivity contribution is 0.0925. The predicted molar refractivity (Wildman–Crippen MR) is 81.4 cm³/mol. The number of carbonyl (C=O) groups excluding carboxylic acids is 2. The summed E-state index contributed by atoms with van der Waals surface area (Å²) < 4.78 is 0. The van der Waals surface area contributed by atoms with Gasteiger partial charge in [-0.15, -0.1) is 0 Å². The van der Waals surface area contributed by atoms with Gasteiger partial charge in [0.1, 0.15) is 11.5 Å². The molecule has 0 aliphatic carbocycles. The van der Waals surface area contributed by atoms with Gasteiger partial charge in [0, 0.05) is 0 Å². The van der Waals surface area contributed by atoms with Crippen LogP contribution in [0.2, 0.25) is 0 Å². The van der Waals surface area contributed by atoms with Crippen molar-refractivity contribution in [1.82, 2.24) is 0 Å². The average Bonchev–Trinajstić information content (AvgIpc) is 2.71. The maximum absolute atomic E-state index is 12.6. The van der Waals surface area contributed by atoms with Crippen LogP contribution in [-0.4, -0.2) is 22.0 Å². The van der Waals surface area contributed by atoms with Crippen molar-refractivity contribution in [1.29, 1.82) is 0 Å². The van der Waals surface area contributed by atoms with E-state index in [1.54, 1.807) is 12.1 Å². The number of phenolic OH excluding ortho intramolecular Hbond substituents is 2. The smallest absolute Gasteiger partial charge is 0.266 e. The summed E-state index contributed by atoms with van der Waals surface area (Å²) in [7, 11) is 0. The second-order valence-corrected chi connectivity index (χ2v) is 5.57. The molecule has 0 unspecified atom stereocenters. The molecule has 2 aromatic carbocycles. The van der Waals surface area contributed by atoms with Crippen molar-refractivity contribution in [2.75, 3.05) is 4.90 Å². The number of amides is 2. The molecule has 5 nitrogen and oxygen atoms in total. The third-order valence-corrected chi connectivity index (χ3v) is 3.74. The van der Waals surface area contributed by atoms with Gasteiger partial charge in [-0.1, -0.05) is 13.8 Å². The van der Waals surface area contributed by atoms with Gasteiger partial charge in [-0.05, 0) is 47.9 Å². The minimum Gasteiger partial charge on any atom is -0.508 e.